The van der Waals surface area contributed by atoms with Gasteiger partial charge >= 0.3 is 5.97 Å². The first-order valence-corrected chi connectivity index (χ1v) is 15.5. The second-order valence-electron chi connectivity index (χ2n) is 12.8. The zero-order valence-electron chi connectivity index (χ0n) is 26.5. The van der Waals surface area contributed by atoms with Crippen LogP contribution in [-0.2, 0) is 28.6 Å². The van der Waals surface area contributed by atoms with Crippen LogP contribution in [0.3, 0.4) is 0 Å². The van der Waals surface area contributed by atoms with Crippen LogP contribution in [0.1, 0.15) is 126 Å². The minimum atomic E-state index is -0.827. The number of unbranched alkanes of at least 4 members (excludes halogenated alkanes) is 7. The molecule has 232 valence electrons. The molecule has 1 fully saturated rings. The third-order valence-electron chi connectivity index (χ3n) is 7.30. The molecule has 1 heterocycles. The fourth-order valence-electron chi connectivity index (χ4n) is 4.53. The third-order valence-corrected chi connectivity index (χ3v) is 7.30. The van der Waals surface area contributed by atoms with E-state index in [9.17, 15) is 14.4 Å². The van der Waals surface area contributed by atoms with Gasteiger partial charge in [0.15, 0.2) is 5.79 Å². The van der Waals surface area contributed by atoms with E-state index < -0.39 is 22.7 Å². The second-order valence-corrected chi connectivity index (χ2v) is 12.8. The van der Waals surface area contributed by atoms with E-state index in [2.05, 4.69) is 29.7 Å². The Balaban J connectivity index is 2.10. The van der Waals surface area contributed by atoms with Crippen molar-refractivity contribution in [1.82, 2.24) is 10.6 Å². The van der Waals surface area contributed by atoms with Crippen LogP contribution in [0, 0.1) is 10.8 Å². The van der Waals surface area contributed by atoms with Crippen molar-refractivity contribution < 1.29 is 28.6 Å². The minimum absolute atomic E-state index is 0.0434. The molecule has 0 aromatic rings. The lowest BCUT2D eigenvalue weighted by molar-refractivity contribution is -0.304. The summed E-state index contributed by atoms with van der Waals surface area (Å²) in [5.41, 5.74) is -0.874. The van der Waals surface area contributed by atoms with Crippen molar-refractivity contribution in [3.63, 3.8) is 0 Å². The van der Waals surface area contributed by atoms with Gasteiger partial charge in [0.1, 0.15) is 6.10 Å². The van der Waals surface area contributed by atoms with E-state index in [0.29, 0.717) is 19.6 Å². The lowest BCUT2D eigenvalue weighted by Gasteiger charge is -2.44. The maximum absolute atomic E-state index is 12.6. The second kappa shape index (κ2) is 18.5. The topological polar surface area (TPSA) is 103 Å². The van der Waals surface area contributed by atoms with Crippen molar-refractivity contribution in [2.45, 2.75) is 137 Å². The lowest BCUT2D eigenvalue weighted by Crippen LogP contribution is -2.56. The first-order valence-electron chi connectivity index (χ1n) is 15.5. The Hall–Kier alpha value is -1.93. The molecule has 1 aliphatic rings. The quantitative estimate of drug-likeness (QED) is 0.103. The Morgan fingerprint density at radius 2 is 1.55 bits per heavy atom. The average Bonchev–Trinajstić information content (AvgIpc) is 2.88. The predicted octanol–water partition coefficient (Wildman–Crippen LogP) is 6.22. The zero-order valence-corrected chi connectivity index (χ0v) is 26.5. The molecule has 1 saturated heterocycles. The maximum atomic E-state index is 12.6. The Kier molecular flexibility index (Phi) is 16.7. The van der Waals surface area contributed by atoms with Crippen LogP contribution in [0.2, 0.25) is 0 Å². The fourth-order valence-corrected chi connectivity index (χ4v) is 4.53. The molecule has 0 radical (unpaired) electrons. The molecule has 1 rings (SSSR count). The molecule has 1 aliphatic heterocycles. The molecule has 0 bridgehead atoms. The van der Waals surface area contributed by atoms with Gasteiger partial charge in [-0.2, -0.15) is 0 Å². The molecule has 0 aromatic carbocycles. The van der Waals surface area contributed by atoms with E-state index in [1.54, 1.807) is 13.8 Å². The van der Waals surface area contributed by atoms with Gasteiger partial charge in [0.25, 0.3) is 0 Å². The number of hydrogen-bond donors (Lipinski definition) is 2. The summed E-state index contributed by atoms with van der Waals surface area (Å²) in [7, 11) is 0. The van der Waals surface area contributed by atoms with Crippen LogP contribution in [0.25, 0.3) is 0 Å². The molecule has 8 nitrogen and oxygen atoms in total. The van der Waals surface area contributed by atoms with Gasteiger partial charge in [-0.25, -0.2) is 0 Å². The van der Waals surface area contributed by atoms with Crippen molar-refractivity contribution in [3.05, 3.63) is 12.2 Å². The number of esters is 1. The largest absolute Gasteiger partial charge is 0.466 e. The minimum Gasteiger partial charge on any atom is -0.466 e. The summed E-state index contributed by atoms with van der Waals surface area (Å²) in [5.74, 6) is -1.42. The number of carbonyl (C=O) groups excluding carboxylic acids is 3. The summed E-state index contributed by atoms with van der Waals surface area (Å²) >= 11 is 0. The SMILES string of the molecule is CCCC=CCCCCCCCCC(C)(C)C(=O)NCCCOC(=O)CCNC(=O)C1OC(C)(C)OCC1(C)C. The Morgan fingerprint density at radius 1 is 0.900 bits per heavy atom. The number of allylic oxidation sites excluding steroid dienone is 2. The standard InChI is InChI=1S/C32H58N2O6/c1-8-9-10-11-12-13-14-15-16-17-18-21-30(2,3)29(37)34-22-19-24-38-26(35)20-23-33-28(36)27-31(4,5)25-39-32(6,7)40-27/h10-11,27H,8-9,12-25H2,1-7H3,(H,33,36)(H,34,37). The summed E-state index contributed by atoms with van der Waals surface area (Å²) in [6.07, 6.45) is 16.3. The molecular weight excluding hydrogens is 508 g/mol. The summed E-state index contributed by atoms with van der Waals surface area (Å²) in [6, 6.07) is 0. The molecule has 2 N–H and O–H groups in total. The Bertz CT molecular complexity index is 790. The predicted molar refractivity (Wildman–Crippen MR) is 160 cm³/mol. The normalized spacial score (nSPS) is 18.4. The lowest BCUT2D eigenvalue weighted by atomic mass is 9.85. The smallest absolute Gasteiger partial charge is 0.307 e. The molecule has 40 heavy (non-hydrogen) atoms. The van der Waals surface area contributed by atoms with Crippen LogP contribution in [0.15, 0.2) is 12.2 Å². The van der Waals surface area contributed by atoms with Gasteiger partial charge in [0.2, 0.25) is 11.8 Å². The Morgan fingerprint density at radius 3 is 2.25 bits per heavy atom. The van der Waals surface area contributed by atoms with E-state index in [-0.39, 0.29) is 37.4 Å². The molecule has 2 amide bonds. The summed E-state index contributed by atoms with van der Waals surface area (Å²) in [6.45, 7) is 14.9. The van der Waals surface area contributed by atoms with E-state index in [0.717, 1.165) is 19.3 Å². The number of hydrogen-bond acceptors (Lipinski definition) is 6. The molecule has 0 aromatic heterocycles. The van der Waals surface area contributed by atoms with Crippen molar-refractivity contribution in [3.8, 4) is 0 Å². The van der Waals surface area contributed by atoms with E-state index >= 15 is 0 Å². The van der Waals surface area contributed by atoms with Crippen molar-refractivity contribution in [2.24, 2.45) is 10.8 Å². The van der Waals surface area contributed by atoms with E-state index in [1.165, 1.54) is 44.9 Å². The van der Waals surface area contributed by atoms with Gasteiger partial charge in [-0.3, -0.25) is 14.4 Å². The molecule has 1 atom stereocenters. The number of ether oxygens (including phenoxy) is 3. The third kappa shape index (κ3) is 15.2. The molecule has 0 spiro atoms. The fraction of sp³-hybridized carbons (Fsp3) is 0.844. The highest BCUT2D eigenvalue weighted by Gasteiger charge is 2.45. The van der Waals surface area contributed by atoms with Crippen molar-refractivity contribution >= 4 is 17.8 Å². The number of rotatable bonds is 20. The molecule has 1 unspecified atom stereocenters. The van der Waals surface area contributed by atoms with Crippen LogP contribution in [-0.4, -0.2) is 56.0 Å². The average molecular weight is 567 g/mol. The van der Waals surface area contributed by atoms with E-state index in [4.69, 9.17) is 14.2 Å². The maximum Gasteiger partial charge on any atom is 0.307 e. The van der Waals surface area contributed by atoms with Crippen LogP contribution in [0.5, 0.6) is 0 Å². The molecular formula is C32H58N2O6. The summed E-state index contributed by atoms with van der Waals surface area (Å²) in [4.78, 5) is 37.3. The number of carbonyl (C=O) groups is 3. The van der Waals surface area contributed by atoms with Gasteiger partial charge in [-0.05, 0) is 46.0 Å². The Labute approximate surface area is 243 Å². The zero-order chi connectivity index (χ0) is 30.1. The number of amides is 2. The van der Waals surface area contributed by atoms with Crippen LogP contribution < -0.4 is 10.6 Å². The van der Waals surface area contributed by atoms with Gasteiger partial charge in [-0.15, -0.1) is 0 Å². The van der Waals surface area contributed by atoms with Gasteiger partial charge < -0.3 is 24.8 Å². The van der Waals surface area contributed by atoms with Crippen LogP contribution >= 0.6 is 0 Å². The molecule has 8 heteroatoms. The first-order chi connectivity index (χ1) is 18.8. The van der Waals surface area contributed by atoms with Crippen molar-refractivity contribution in [2.75, 3.05) is 26.3 Å². The van der Waals surface area contributed by atoms with Gasteiger partial charge in [0, 0.05) is 23.9 Å². The van der Waals surface area contributed by atoms with E-state index in [1.807, 2.05) is 27.7 Å². The van der Waals surface area contributed by atoms with Gasteiger partial charge in [0.05, 0.1) is 19.6 Å². The van der Waals surface area contributed by atoms with Crippen molar-refractivity contribution in [1.29, 1.82) is 0 Å². The highest BCUT2D eigenvalue weighted by Crippen LogP contribution is 2.34. The summed E-state index contributed by atoms with van der Waals surface area (Å²) < 4.78 is 16.7. The molecule has 0 aliphatic carbocycles. The first kappa shape index (κ1) is 36.1. The monoisotopic (exact) mass is 566 g/mol. The van der Waals surface area contributed by atoms with Gasteiger partial charge in [-0.1, -0.05) is 85.3 Å². The highest BCUT2D eigenvalue weighted by atomic mass is 16.7. The summed E-state index contributed by atoms with van der Waals surface area (Å²) in [5, 5.41) is 5.75. The number of nitrogens with one attached hydrogen (secondary N) is 2. The highest BCUT2D eigenvalue weighted by molar-refractivity contribution is 5.82. The van der Waals surface area contributed by atoms with Crippen LogP contribution in [0.4, 0.5) is 0 Å². The molecule has 0 saturated carbocycles.